The summed E-state index contributed by atoms with van der Waals surface area (Å²) in [5.41, 5.74) is 2.99. The van der Waals surface area contributed by atoms with Crippen LogP contribution in [0.15, 0.2) is 54.6 Å². The second-order valence-electron chi connectivity index (χ2n) is 8.95. The number of methoxy groups -OCH3 is 2. The molecule has 0 fully saturated rings. The van der Waals surface area contributed by atoms with E-state index in [-0.39, 0.29) is 34.4 Å². The molecule has 0 aliphatic rings. The molecule has 3 aromatic carbocycles. The van der Waals surface area contributed by atoms with E-state index in [1.54, 1.807) is 17.0 Å². The van der Waals surface area contributed by atoms with Crippen molar-refractivity contribution in [1.29, 1.82) is 0 Å². The van der Waals surface area contributed by atoms with E-state index >= 15 is 0 Å². The van der Waals surface area contributed by atoms with Gasteiger partial charge in [0.15, 0.2) is 0 Å². The molecule has 0 heterocycles. The van der Waals surface area contributed by atoms with Gasteiger partial charge in [0, 0.05) is 30.0 Å². The molecule has 11 heteroatoms. The zero-order valence-electron chi connectivity index (χ0n) is 23.1. The minimum Gasteiger partial charge on any atom is -0.435 e. The summed E-state index contributed by atoms with van der Waals surface area (Å²) in [7, 11) is 2.93. The number of nitrogens with zero attached hydrogens (tertiary/aromatic N) is 1. The average molecular weight is 643 g/mol. The molecule has 0 bridgehead atoms. The third-order valence-corrected chi connectivity index (χ3v) is 7.40. The molecule has 0 aromatic heterocycles. The minimum absolute atomic E-state index is 0.0711. The van der Waals surface area contributed by atoms with Crippen molar-refractivity contribution in [2.45, 2.75) is 39.1 Å². The highest BCUT2D eigenvalue weighted by Gasteiger charge is 2.34. The Bertz CT molecular complexity index is 1290. The number of rotatable bonds is 13. The van der Waals surface area contributed by atoms with Gasteiger partial charge in [-0.05, 0) is 72.5 Å². The van der Waals surface area contributed by atoms with Crippen molar-refractivity contribution in [1.82, 2.24) is 0 Å². The van der Waals surface area contributed by atoms with E-state index in [2.05, 4.69) is 6.92 Å². The number of hydrogen-bond donors (Lipinski definition) is 0. The van der Waals surface area contributed by atoms with Crippen LogP contribution in [0.2, 0.25) is 20.1 Å². The smallest absolute Gasteiger partial charge is 0.341 e. The van der Waals surface area contributed by atoms with Crippen LogP contribution in [0.25, 0.3) is 0 Å². The van der Waals surface area contributed by atoms with Crippen LogP contribution in [0.4, 0.5) is 5.69 Å². The molecule has 0 saturated heterocycles. The quantitative estimate of drug-likeness (QED) is 0.139. The molecule has 2 atom stereocenters. The fourth-order valence-corrected chi connectivity index (χ4v) is 5.01. The molecule has 3 rings (SSSR count). The molecule has 7 nitrogen and oxygen atoms in total. The van der Waals surface area contributed by atoms with E-state index < -0.39 is 24.4 Å². The lowest BCUT2D eigenvalue weighted by Gasteiger charge is -2.38. The van der Waals surface area contributed by atoms with Crippen LogP contribution in [0.5, 0.6) is 0 Å². The molecule has 0 saturated carbocycles. The summed E-state index contributed by atoms with van der Waals surface area (Å²) in [6.45, 7) is 3.94. The first kappa shape index (κ1) is 33.0. The molecular formula is C30H31Cl4NO6. The normalized spacial score (nSPS) is 12.5. The fourth-order valence-electron chi connectivity index (χ4n) is 4.27. The highest BCUT2D eigenvalue weighted by Crippen LogP contribution is 2.29. The molecule has 0 N–H and O–H groups in total. The summed E-state index contributed by atoms with van der Waals surface area (Å²) in [5.74, 6) is -1.49. The molecule has 3 aromatic rings. The monoisotopic (exact) mass is 641 g/mol. The predicted octanol–water partition coefficient (Wildman–Crippen LogP) is 7.89. The van der Waals surface area contributed by atoms with E-state index in [4.69, 9.17) is 65.4 Å². The van der Waals surface area contributed by atoms with Gasteiger partial charge in [-0.2, -0.15) is 0 Å². The third-order valence-electron chi connectivity index (χ3n) is 6.27. The Morgan fingerprint density at radius 1 is 0.683 bits per heavy atom. The second-order valence-corrected chi connectivity index (χ2v) is 10.6. The summed E-state index contributed by atoms with van der Waals surface area (Å²) in [4.78, 5) is 28.3. The van der Waals surface area contributed by atoms with Crippen LogP contribution in [0.1, 0.15) is 45.7 Å². The van der Waals surface area contributed by atoms with Crippen molar-refractivity contribution in [2.75, 3.05) is 32.3 Å². The summed E-state index contributed by atoms with van der Waals surface area (Å²) in [6.07, 6.45) is -0.577. The van der Waals surface area contributed by atoms with E-state index in [1.165, 1.54) is 38.5 Å². The number of benzene rings is 3. The van der Waals surface area contributed by atoms with Gasteiger partial charge in [-0.3, -0.25) is 4.90 Å². The first-order valence-electron chi connectivity index (χ1n) is 12.8. The Hall–Kier alpha value is -2.52. The van der Waals surface area contributed by atoms with E-state index in [0.29, 0.717) is 15.7 Å². The number of ether oxygens (including phenoxy) is 4. The summed E-state index contributed by atoms with van der Waals surface area (Å²) >= 11 is 24.8. The fraction of sp³-hybridized carbons (Fsp3) is 0.333. The highest BCUT2D eigenvalue weighted by molar-refractivity contribution is 6.36. The zero-order valence-corrected chi connectivity index (χ0v) is 26.1. The highest BCUT2D eigenvalue weighted by atomic mass is 35.5. The molecule has 0 aliphatic heterocycles. The van der Waals surface area contributed by atoms with Crippen LogP contribution in [-0.2, 0) is 31.8 Å². The summed E-state index contributed by atoms with van der Waals surface area (Å²) in [5, 5.41) is 0.957. The number of hydrogen-bond acceptors (Lipinski definition) is 7. The van der Waals surface area contributed by atoms with Crippen molar-refractivity contribution in [2.24, 2.45) is 0 Å². The zero-order chi connectivity index (χ0) is 30.1. The van der Waals surface area contributed by atoms with Crippen LogP contribution in [0.3, 0.4) is 0 Å². The van der Waals surface area contributed by atoms with Gasteiger partial charge >= 0.3 is 11.9 Å². The maximum absolute atomic E-state index is 13.3. The Labute approximate surface area is 260 Å². The van der Waals surface area contributed by atoms with Gasteiger partial charge in [0.25, 0.3) is 0 Å². The van der Waals surface area contributed by atoms with Crippen LogP contribution in [-0.4, -0.2) is 51.8 Å². The predicted molar refractivity (Wildman–Crippen MR) is 163 cm³/mol. The topological polar surface area (TPSA) is 74.3 Å². The summed E-state index contributed by atoms with van der Waals surface area (Å²) < 4.78 is 22.8. The molecule has 0 spiro atoms. The maximum atomic E-state index is 13.3. The number of carbonyl (C=O) groups is 2. The molecule has 0 radical (unpaired) electrons. The van der Waals surface area contributed by atoms with Gasteiger partial charge in [-0.25, -0.2) is 9.59 Å². The molecule has 0 aliphatic carbocycles. The van der Waals surface area contributed by atoms with Gasteiger partial charge in [-0.15, -0.1) is 0 Å². The Kier molecular flexibility index (Phi) is 12.6. The number of aryl methyl sites for hydroxylation is 2. The van der Waals surface area contributed by atoms with Crippen molar-refractivity contribution in [3.8, 4) is 0 Å². The minimum atomic E-state index is -1.08. The molecule has 0 amide bonds. The van der Waals surface area contributed by atoms with Crippen molar-refractivity contribution in [3.05, 3.63) is 96.9 Å². The molecule has 2 unspecified atom stereocenters. The Balaban J connectivity index is 2.11. The first-order valence-corrected chi connectivity index (χ1v) is 14.3. The number of halogens is 4. The van der Waals surface area contributed by atoms with Gasteiger partial charge < -0.3 is 18.9 Å². The van der Waals surface area contributed by atoms with Crippen molar-refractivity contribution >= 4 is 64.0 Å². The van der Waals surface area contributed by atoms with Crippen LogP contribution < -0.4 is 4.90 Å². The lowest BCUT2D eigenvalue weighted by Crippen LogP contribution is -2.52. The van der Waals surface area contributed by atoms with Crippen LogP contribution >= 0.6 is 46.4 Å². The second kappa shape index (κ2) is 15.6. The standard InChI is InChI=1S/C30H31Cl4NO6/c1-5-18-7-10-22(13-19(18)6-2)35(27(16-38-3)40-29(36)23-14-20(31)8-11-25(23)33)28(17-39-4)41-30(37)24-15-21(32)9-12-26(24)34/h7-15,27-28H,5-6,16-17H2,1-4H3. The summed E-state index contributed by atoms with van der Waals surface area (Å²) in [6, 6.07) is 14.8. The number of esters is 2. The first-order chi connectivity index (χ1) is 19.6. The van der Waals surface area contributed by atoms with Gasteiger partial charge in [-0.1, -0.05) is 66.3 Å². The Morgan fingerprint density at radius 2 is 1.15 bits per heavy atom. The lowest BCUT2D eigenvalue weighted by atomic mass is 10.0. The number of carbonyl (C=O) groups excluding carboxylic acids is 2. The van der Waals surface area contributed by atoms with Gasteiger partial charge in [0.2, 0.25) is 12.5 Å². The SMILES string of the molecule is CCc1ccc(N(C(COC)OC(=O)c2cc(Cl)ccc2Cl)C(COC)OC(=O)c2cc(Cl)ccc2Cl)cc1CC. The van der Waals surface area contributed by atoms with Gasteiger partial charge in [0.1, 0.15) is 13.2 Å². The maximum Gasteiger partial charge on any atom is 0.341 e. The van der Waals surface area contributed by atoms with Crippen LogP contribution in [0, 0.1) is 0 Å². The average Bonchev–Trinajstić information content (AvgIpc) is 2.95. The Morgan fingerprint density at radius 3 is 1.56 bits per heavy atom. The molecule has 220 valence electrons. The number of anilines is 1. The van der Waals surface area contributed by atoms with Gasteiger partial charge in [0.05, 0.1) is 21.2 Å². The van der Waals surface area contributed by atoms with E-state index in [0.717, 1.165) is 24.0 Å². The van der Waals surface area contributed by atoms with Crippen molar-refractivity contribution in [3.63, 3.8) is 0 Å². The molecule has 41 heavy (non-hydrogen) atoms. The third kappa shape index (κ3) is 8.51. The van der Waals surface area contributed by atoms with E-state index in [1.807, 2.05) is 25.1 Å². The van der Waals surface area contributed by atoms with E-state index in [9.17, 15) is 9.59 Å². The van der Waals surface area contributed by atoms with Crippen molar-refractivity contribution < 1.29 is 28.5 Å². The lowest BCUT2D eigenvalue weighted by molar-refractivity contribution is -0.0341. The largest absolute Gasteiger partial charge is 0.435 e. The molecular weight excluding hydrogens is 612 g/mol.